The van der Waals surface area contributed by atoms with Crippen molar-refractivity contribution in [3.8, 4) is 0 Å². The van der Waals surface area contributed by atoms with Crippen LogP contribution in [0.25, 0.3) is 0 Å². The fraction of sp³-hybridized carbons (Fsp3) is 0.929. The van der Waals surface area contributed by atoms with Gasteiger partial charge in [-0.05, 0) is 25.7 Å². The molecule has 0 aliphatic heterocycles. The summed E-state index contributed by atoms with van der Waals surface area (Å²) in [5, 5.41) is 8.65. The normalized spacial score (nSPS) is 10.5. The van der Waals surface area contributed by atoms with Gasteiger partial charge in [-0.3, -0.25) is 4.79 Å². The van der Waals surface area contributed by atoms with Crippen LogP contribution in [-0.2, 0) is 4.79 Å². The molecule has 0 bridgehead atoms. The van der Waals surface area contributed by atoms with Gasteiger partial charge in [-0.2, -0.15) is 0 Å². The van der Waals surface area contributed by atoms with Crippen molar-refractivity contribution in [2.75, 3.05) is 20.2 Å². The number of aliphatic hydroxyl groups is 1. The lowest BCUT2D eigenvalue weighted by Crippen LogP contribution is -2.27. The molecule has 3 heteroatoms. The van der Waals surface area contributed by atoms with E-state index in [-0.39, 0.29) is 12.5 Å². The molecule has 0 rings (SSSR count). The first kappa shape index (κ1) is 16.4. The summed E-state index contributed by atoms with van der Waals surface area (Å²) in [5.74, 6) is 0.269. The van der Waals surface area contributed by atoms with Gasteiger partial charge in [0.1, 0.15) is 0 Å². The third-order valence-corrected chi connectivity index (χ3v) is 3.07. The van der Waals surface area contributed by atoms with E-state index in [0.29, 0.717) is 6.42 Å². The largest absolute Gasteiger partial charge is 0.396 e. The van der Waals surface area contributed by atoms with Crippen LogP contribution in [0.3, 0.4) is 0 Å². The Morgan fingerprint density at radius 2 is 1.65 bits per heavy atom. The lowest BCUT2D eigenvalue weighted by atomic mass is 10.1. The molecule has 0 heterocycles. The number of carbonyl (C=O) groups is 1. The highest BCUT2D eigenvalue weighted by Crippen LogP contribution is 2.07. The highest BCUT2D eigenvalue weighted by Gasteiger charge is 2.07. The number of amides is 1. The summed E-state index contributed by atoms with van der Waals surface area (Å²) in [6, 6.07) is 0. The van der Waals surface area contributed by atoms with Crippen molar-refractivity contribution in [3.63, 3.8) is 0 Å². The maximum absolute atomic E-state index is 11.7. The number of unbranched alkanes of at least 4 members (excludes halogenated alkanes) is 6. The highest BCUT2D eigenvalue weighted by molar-refractivity contribution is 5.75. The monoisotopic (exact) mass is 243 g/mol. The van der Waals surface area contributed by atoms with Crippen LogP contribution in [0.15, 0.2) is 0 Å². The van der Waals surface area contributed by atoms with Crippen LogP contribution in [0.1, 0.15) is 64.7 Å². The minimum atomic E-state index is 0.259. The number of hydrogen-bond donors (Lipinski definition) is 1. The summed E-state index contributed by atoms with van der Waals surface area (Å²) in [5.41, 5.74) is 0. The minimum absolute atomic E-state index is 0.259. The molecule has 1 amide bonds. The van der Waals surface area contributed by atoms with Gasteiger partial charge >= 0.3 is 0 Å². The Hall–Kier alpha value is -0.570. The molecule has 1 N–H and O–H groups in total. The lowest BCUT2D eigenvalue weighted by Gasteiger charge is -2.16. The molecule has 0 spiro atoms. The van der Waals surface area contributed by atoms with Gasteiger partial charge in [0.2, 0.25) is 5.91 Å². The first-order valence-electron chi connectivity index (χ1n) is 7.07. The first-order valence-corrected chi connectivity index (χ1v) is 7.07. The van der Waals surface area contributed by atoms with Gasteiger partial charge in [0.25, 0.3) is 0 Å². The number of rotatable bonds is 11. The van der Waals surface area contributed by atoms with Crippen molar-refractivity contribution in [1.82, 2.24) is 4.90 Å². The summed E-state index contributed by atoms with van der Waals surface area (Å²) >= 11 is 0. The molecule has 0 aromatic rings. The predicted molar refractivity (Wildman–Crippen MR) is 71.9 cm³/mol. The average Bonchev–Trinajstić information content (AvgIpc) is 2.34. The van der Waals surface area contributed by atoms with Gasteiger partial charge in [-0.15, -0.1) is 0 Å². The van der Waals surface area contributed by atoms with Gasteiger partial charge in [-0.1, -0.05) is 32.6 Å². The van der Waals surface area contributed by atoms with E-state index in [4.69, 9.17) is 5.11 Å². The molecular formula is C14H29NO2. The molecule has 17 heavy (non-hydrogen) atoms. The average molecular weight is 243 g/mol. The Bertz CT molecular complexity index is 183. The summed E-state index contributed by atoms with van der Waals surface area (Å²) < 4.78 is 0. The van der Waals surface area contributed by atoms with Crippen molar-refractivity contribution in [1.29, 1.82) is 0 Å². The van der Waals surface area contributed by atoms with Crippen molar-refractivity contribution < 1.29 is 9.90 Å². The summed E-state index contributed by atoms with van der Waals surface area (Å²) in [4.78, 5) is 13.5. The SMILES string of the molecule is CCCCCCCC(=O)N(C)CCCCCO. The Morgan fingerprint density at radius 3 is 2.29 bits per heavy atom. The fourth-order valence-corrected chi connectivity index (χ4v) is 1.83. The number of nitrogens with zero attached hydrogens (tertiary/aromatic N) is 1. The van der Waals surface area contributed by atoms with Gasteiger partial charge in [0.05, 0.1) is 0 Å². The van der Waals surface area contributed by atoms with E-state index in [1.165, 1.54) is 25.7 Å². The zero-order chi connectivity index (χ0) is 12.9. The molecule has 0 radical (unpaired) electrons. The molecule has 0 atom stereocenters. The maximum atomic E-state index is 11.7. The molecule has 0 aliphatic carbocycles. The number of aliphatic hydroxyl groups excluding tert-OH is 1. The van der Waals surface area contributed by atoms with Crippen LogP contribution >= 0.6 is 0 Å². The first-order chi connectivity index (χ1) is 8.22. The number of carbonyl (C=O) groups excluding carboxylic acids is 1. The van der Waals surface area contributed by atoms with Crippen LogP contribution < -0.4 is 0 Å². The molecule has 0 aliphatic rings. The zero-order valence-corrected chi connectivity index (χ0v) is 11.6. The molecule has 0 unspecified atom stereocenters. The molecule has 102 valence electrons. The molecule has 3 nitrogen and oxygen atoms in total. The van der Waals surface area contributed by atoms with E-state index in [9.17, 15) is 4.79 Å². The Morgan fingerprint density at radius 1 is 1.00 bits per heavy atom. The Labute approximate surface area is 106 Å². The van der Waals surface area contributed by atoms with Crippen molar-refractivity contribution in [2.45, 2.75) is 64.7 Å². The van der Waals surface area contributed by atoms with E-state index in [2.05, 4.69) is 6.92 Å². The standard InChI is InChI=1S/C14H29NO2/c1-3-4-5-6-8-11-14(17)15(2)12-9-7-10-13-16/h16H,3-13H2,1-2H3. The van der Waals surface area contributed by atoms with Crippen molar-refractivity contribution in [2.24, 2.45) is 0 Å². The lowest BCUT2D eigenvalue weighted by molar-refractivity contribution is -0.130. The molecule has 0 saturated carbocycles. The van der Waals surface area contributed by atoms with Crippen LogP contribution in [0, 0.1) is 0 Å². The van der Waals surface area contributed by atoms with E-state index in [0.717, 1.165) is 32.2 Å². The van der Waals surface area contributed by atoms with Gasteiger partial charge in [0, 0.05) is 26.6 Å². The quantitative estimate of drug-likeness (QED) is 0.567. The molecule has 0 saturated heterocycles. The molecule has 0 aromatic carbocycles. The van der Waals surface area contributed by atoms with E-state index >= 15 is 0 Å². The minimum Gasteiger partial charge on any atom is -0.396 e. The second kappa shape index (κ2) is 11.9. The molecule has 0 fully saturated rings. The zero-order valence-electron chi connectivity index (χ0n) is 11.6. The molecule has 0 aromatic heterocycles. The van der Waals surface area contributed by atoms with Gasteiger partial charge in [0.15, 0.2) is 0 Å². The highest BCUT2D eigenvalue weighted by atomic mass is 16.2. The van der Waals surface area contributed by atoms with Crippen LogP contribution in [0.5, 0.6) is 0 Å². The summed E-state index contributed by atoms with van der Waals surface area (Å²) in [6.07, 6.45) is 9.54. The Balaban J connectivity index is 3.40. The van der Waals surface area contributed by atoms with E-state index in [1.807, 2.05) is 11.9 Å². The van der Waals surface area contributed by atoms with Gasteiger partial charge < -0.3 is 10.0 Å². The second-order valence-corrected chi connectivity index (χ2v) is 4.76. The Kier molecular flexibility index (Phi) is 11.5. The van der Waals surface area contributed by atoms with Gasteiger partial charge in [-0.25, -0.2) is 0 Å². The van der Waals surface area contributed by atoms with Crippen molar-refractivity contribution in [3.05, 3.63) is 0 Å². The summed E-state index contributed by atoms with van der Waals surface area (Å²) in [6.45, 7) is 3.29. The van der Waals surface area contributed by atoms with E-state index < -0.39 is 0 Å². The third kappa shape index (κ3) is 10.3. The van der Waals surface area contributed by atoms with E-state index in [1.54, 1.807) is 0 Å². The molecular weight excluding hydrogens is 214 g/mol. The number of hydrogen-bond acceptors (Lipinski definition) is 2. The predicted octanol–water partition coefficient (Wildman–Crippen LogP) is 2.97. The maximum Gasteiger partial charge on any atom is 0.222 e. The van der Waals surface area contributed by atoms with Crippen LogP contribution in [0.2, 0.25) is 0 Å². The smallest absolute Gasteiger partial charge is 0.222 e. The van der Waals surface area contributed by atoms with Crippen molar-refractivity contribution >= 4 is 5.91 Å². The third-order valence-electron chi connectivity index (χ3n) is 3.07. The second-order valence-electron chi connectivity index (χ2n) is 4.76. The fourth-order valence-electron chi connectivity index (χ4n) is 1.83. The van der Waals surface area contributed by atoms with Crippen LogP contribution in [-0.4, -0.2) is 36.1 Å². The topological polar surface area (TPSA) is 40.5 Å². The van der Waals surface area contributed by atoms with Crippen LogP contribution in [0.4, 0.5) is 0 Å². The summed E-state index contributed by atoms with van der Waals surface area (Å²) in [7, 11) is 1.88.